The number of hydrogen-bond donors (Lipinski definition) is 1. The average Bonchev–Trinajstić information content (AvgIpc) is 3.32. The van der Waals surface area contributed by atoms with E-state index in [1.807, 2.05) is 54.6 Å². The minimum atomic E-state index is -4.40. The van der Waals surface area contributed by atoms with Crippen LogP contribution in [0.4, 0.5) is 26.3 Å². The molecule has 0 radical (unpaired) electrons. The van der Waals surface area contributed by atoms with Gasteiger partial charge in [0.05, 0.1) is 11.1 Å². The van der Waals surface area contributed by atoms with Crippen molar-refractivity contribution in [1.82, 2.24) is 0 Å². The molecule has 43 heavy (non-hydrogen) atoms. The van der Waals surface area contributed by atoms with E-state index in [0.717, 1.165) is 45.2 Å². The summed E-state index contributed by atoms with van der Waals surface area (Å²) in [5, 5.41) is 0. The van der Waals surface area contributed by atoms with Crippen molar-refractivity contribution in [3.05, 3.63) is 138 Å². The molecule has 0 aromatic heterocycles. The highest BCUT2D eigenvalue weighted by Crippen LogP contribution is 2.63. The third kappa shape index (κ3) is 6.22. The van der Waals surface area contributed by atoms with Gasteiger partial charge in [-0.05, 0) is 99.9 Å². The highest BCUT2D eigenvalue weighted by atomic mass is 32.2. The quantitative estimate of drug-likeness (QED) is 0.143. The van der Waals surface area contributed by atoms with Gasteiger partial charge in [-0.2, -0.15) is 37.2 Å². The first-order valence-electron chi connectivity index (χ1n) is 13.3. The van der Waals surface area contributed by atoms with Crippen molar-refractivity contribution in [3.63, 3.8) is 0 Å². The molecule has 0 fully saturated rings. The predicted molar refractivity (Wildman–Crippen MR) is 154 cm³/mol. The summed E-state index contributed by atoms with van der Waals surface area (Å²) in [5.74, 6) is 1.15. The minimum Gasteiger partial charge on any atom is -0.489 e. The zero-order chi connectivity index (χ0) is 30.2. The first-order chi connectivity index (χ1) is 20.6. The molecule has 0 amide bonds. The molecular weight excluding hydrogens is 586 g/mol. The van der Waals surface area contributed by atoms with E-state index in [-0.39, 0.29) is 13.2 Å². The molecule has 1 heterocycles. The SMILES string of the molecule is FC(F)(F)c1ccc(COc2ccc3c(c2)-c2cc(OCc4ccc(C(F)(F)F)cc4)ccc2[SH]3c2ccccc2)cc1. The zero-order valence-electron chi connectivity index (χ0n) is 22.4. The number of benzene rings is 5. The van der Waals surface area contributed by atoms with Crippen molar-refractivity contribution in [2.45, 2.75) is 40.3 Å². The van der Waals surface area contributed by atoms with Crippen LogP contribution in [0.3, 0.4) is 0 Å². The number of halogens is 6. The van der Waals surface area contributed by atoms with Crippen molar-refractivity contribution in [2.24, 2.45) is 0 Å². The normalized spacial score (nSPS) is 13.4. The molecule has 9 heteroatoms. The summed E-state index contributed by atoms with van der Waals surface area (Å²) >= 11 is 0. The fraction of sp³-hybridized carbons (Fsp3) is 0.118. The second-order valence-corrected chi connectivity index (χ2v) is 12.1. The molecule has 0 saturated heterocycles. The maximum atomic E-state index is 12.9. The summed E-state index contributed by atoms with van der Waals surface area (Å²) < 4.78 is 89.4. The Hall–Kier alpha value is -4.37. The van der Waals surface area contributed by atoms with Gasteiger partial charge in [0.2, 0.25) is 0 Å². The summed E-state index contributed by atoms with van der Waals surface area (Å²) in [6.45, 7) is 0.209. The van der Waals surface area contributed by atoms with Gasteiger partial charge in [0.1, 0.15) is 24.7 Å². The van der Waals surface area contributed by atoms with E-state index in [2.05, 4.69) is 12.1 Å². The van der Waals surface area contributed by atoms with Crippen molar-refractivity contribution < 1.29 is 35.8 Å². The van der Waals surface area contributed by atoms with Crippen LogP contribution in [0.2, 0.25) is 0 Å². The number of rotatable bonds is 7. The number of thiol groups is 1. The van der Waals surface area contributed by atoms with Gasteiger partial charge in [-0.3, -0.25) is 0 Å². The number of ether oxygens (including phenoxy) is 2. The molecule has 2 nitrogen and oxygen atoms in total. The molecule has 1 aliphatic rings. The first-order valence-corrected chi connectivity index (χ1v) is 14.6. The molecular formula is C34H24F6O2S. The Morgan fingerprint density at radius 1 is 0.488 bits per heavy atom. The summed E-state index contributed by atoms with van der Waals surface area (Å²) in [5.41, 5.74) is 1.73. The van der Waals surface area contributed by atoms with Crippen molar-refractivity contribution in [3.8, 4) is 22.6 Å². The number of fused-ring (bicyclic) bond motifs is 3. The van der Waals surface area contributed by atoms with Crippen LogP contribution in [0.1, 0.15) is 22.3 Å². The summed E-state index contributed by atoms with van der Waals surface area (Å²) in [6.07, 6.45) is -8.80. The molecule has 220 valence electrons. The minimum absolute atomic E-state index is 0.105. The van der Waals surface area contributed by atoms with Gasteiger partial charge in [0.15, 0.2) is 0 Å². The van der Waals surface area contributed by atoms with Crippen molar-refractivity contribution >= 4 is 10.9 Å². The standard InChI is InChI=1S/C34H24F6O2S/c35-33(36,37)24-10-6-22(7-11-24)20-41-26-14-16-31-29(18-26)30-19-27(15-17-32(30)43(31)28-4-2-1-3-5-28)42-21-23-8-12-25(13-9-23)34(38,39)40/h1-19,43H,20-21H2. The van der Waals surface area contributed by atoms with E-state index in [4.69, 9.17) is 9.47 Å². The van der Waals surface area contributed by atoms with Crippen LogP contribution in [0.15, 0.2) is 130 Å². The van der Waals surface area contributed by atoms with E-state index < -0.39 is 34.4 Å². The van der Waals surface area contributed by atoms with E-state index in [1.54, 1.807) is 0 Å². The summed E-state index contributed by atoms with van der Waals surface area (Å²) in [7, 11) is -0.857. The fourth-order valence-corrected chi connectivity index (χ4v) is 7.51. The Balaban J connectivity index is 1.26. The third-order valence-corrected chi connectivity index (χ3v) is 9.65. The smallest absolute Gasteiger partial charge is 0.416 e. The molecule has 5 aromatic carbocycles. The lowest BCUT2D eigenvalue weighted by atomic mass is 10.1. The highest BCUT2D eigenvalue weighted by molar-refractivity contribution is 8.17. The summed E-state index contributed by atoms with van der Waals surface area (Å²) in [6, 6.07) is 31.6. The van der Waals surface area contributed by atoms with Crippen LogP contribution in [-0.2, 0) is 25.6 Å². The van der Waals surface area contributed by atoms with Gasteiger partial charge >= 0.3 is 12.4 Å². The monoisotopic (exact) mass is 610 g/mol. The topological polar surface area (TPSA) is 18.5 Å². The Morgan fingerprint density at radius 3 is 1.30 bits per heavy atom. The lowest BCUT2D eigenvalue weighted by molar-refractivity contribution is -0.138. The molecule has 1 aliphatic heterocycles. The molecule has 0 N–H and O–H groups in total. The number of alkyl halides is 6. The molecule has 0 atom stereocenters. The molecule has 0 bridgehead atoms. The summed E-state index contributed by atoms with van der Waals surface area (Å²) in [4.78, 5) is 3.45. The molecule has 0 aliphatic carbocycles. The van der Waals surface area contributed by atoms with Gasteiger partial charge in [0.25, 0.3) is 0 Å². The molecule has 5 aromatic rings. The number of hydrogen-bond acceptors (Lipinski definition) is 2. The van der Waals surface area contributed by atoms with E-state index in [0.29, 0.717) is 22.6 Å². The second kappa shape index (κ2) is 11.4. The predicted octanol–water partition coefficient (Wildman–Crippen LogP) is 10.3. The van der Waals surface area contributed by atoms with Gasteiger partial charge in [-0.15, -0.1) is 0 Å². The zero-order valence-corrected chi connectivity index (χ0v) is 23.3. The van der Waals surface area contributed by atoms with Crippen molar-refractivity contribution in [2.75, 3.05) is 0 Å². The van der Waals surface area contributed by atoms with Crippen LogP contribution >= 0.6 is 10.9 Å². The Labute approximate surface area is 246 Å². The average molecular weight is 611 g/mol. The van der Waals surface area contributed by atoms with Crippen molar-refractivity contribution in [1.29, 1.82) is 0 Å². The molecule has 6 rings (SSSR count). The lowest BCUT2D eigenvalue weighted by Crippen LogP contribution is -2.05. The maximum Gasteiger partial charge on any atom is 0.416 e. The highest BCUT2D eigenvalue weighted by Gasteiger charge is 2.31. The van der Waals surface area contributed by atoms with Crippen LogP contribution in [0.25, 0.3) is 11.1 Å². The lowest BCUT2D eigenvalue weighted by Gasteiger charge is -2.19. The van der Waals surface area contributed by atoms with Crippen LogP contribution in [0, 0.1) is 0 Å². The van der Waals surface area contributed by atoms with Gasteiger partial charge < -0.3 is 9.47 Å². The van der Waals surface area contributed by atoms with E-state index >= 15 is 0 Å². The van der Waals surface area contributed by atoms with Gasteiger partial charge in [-0.25, -0.2) is 0 Å². The first kappa shape index (κ1) is 28.7. The maximum absolute atomic E-state index is 12.9. The van der Waals surface area contributed by atoms with Gasteiger partial charge in [-0.1, -0.05) is 42.5 Å². The Morgan fingerprint density at radius 2 is 0.907 bits per heavy atom. The molecule has 0 unspecified atom stereocenters. The van der Waals surface area contributed by atoms with Crippen LogP contribution in [0.5, 0.6) is 11.5 Å². The second-order valence-electron chi connectivity index (χ2n) is 10.00. The van der Waals surface area contributed by atoms with E-state index in [9.17, 15) is 26.3 Å². The van der Waals surface area contributed by atoms with Crippen LogP contribution < -0.4 is 9.47 Å². The third-order valence-electron chi connectivity index (χ3n) is 7.10. The largest absolute Gasteiger partial charge is 0.489 e. The molecule has 0 spiro atoms. The Bertz CT molecular complexity index is 1620. The van der Waals surface area contributed by atoms with Gasteiger partial charge in [0, 0.05) is 9.79 Å². The van der Waals surface area contributed by atoms with Crippen LogP contribution in [-0.4, -0.2) is 0 Å². The Kier molecular flexibility index (Phi) is 7.60. The molecule has 0 saturated carbocycles. The fourth-order valence-electron chi connectivity index (χ4n) is 4.93. The van der Waals surface area contributed by atoms with E-state index in [1.165, 1.54) is 29.2 Å².